The zero-order valence-corrected chi connectivity index (χ0v) is 22.2. The van der Waals surface area contributed by atoms with Crippen molar-refractivity contribution in [3.8, 4) is 17.2 Å². The Kier molecular flexibility index (Phi) is 7.67. The van der Waals surface area contributed by atoms with E-state index < -0.39 is 21.4 Å². The first-order chi connectivity index (χ1) is 17.2. The molecule has 13 heteroatoms. The number of hydrogen-bond donors (Lipinski definition) is 1. The standard InChI is InChI=1S/C23H29ClN6O5S/c1-13-9-15(10-13)22-27-28-23(30(22)19-17(33-3)7-6-8-18(19)34-4)29-36(31,32)14(2)20(35-5)21-25-11-16(24)12-26-21/h6-8,11-15,20H,9-10H2,1-5H3,(H,28,29)/t13-,14-,15+,20-/m0/s1. The summed E-state index contributed by atoms with van der Waals surface area (Å²) in [5, 5.41) is 7.86. The lowest BCUT2D eigenvalue weighted by Gasteiger charge is -2.32. The number of methoxy groups -OCH3 is 3. The number of halogens is 1. The lowest BCUT2D eigenvalue weighted by molar-refractivity contribution is 0.0950. The topological polar surface area (TPSA) is 130 Å². The Labute approximate surface area is 215 Å². The molecule has 0 bridgehead atoms. The van der Waals surface area contributed by atoms with Crippen LogP contribution in [0.25, 0.3) is 5.69 Å². The van der Waals surface area contributed by atoms with Crippen LogP contribution in [0.1, 0.15) is 50.4 Å². The SMILES string of the molecule is COc1cccc(OC)c1-n1c(NS(=O)(=O)[C@@H](C)[C@H](OC)c2ncc(Cl)cn2)nnc1[C@H]1C[C@@H](C)C1. The summed E-state index contributed by atoms with van der Waals surface area (Å²) in [6.07, 6.45) is 3.65. The highest BCUT2D eigenvalue weighted by atomic mass is 35.5. The molecule has 2 aromatic heterocycles. The quantitative estimate of drug-likeness (QED) is 0.411. The van der Waals surface area contributed by atoms with Crippen molar-refractivity contribution in [2.75, 3.05) is 26.1 Å². The number of aromatic nitrogens is 5. The number of sulfonamides is 1. The molecule has 0 amide bonds. The predicted molar refractivity (Wildman–Crippen MR) is 134 cm³/mol. The average molecular weight is 537 g/mol. The van der Waals surface area contributed by atoms with Gasteiger partial charge >= 0.3 is 0 Å². The normalized spacial score (nSPS) is 19.3. The van der Waals surface area contributed by atoms with Crippen LogP contribution in [0, 0.1) is 5.92 Å². The van der Waals surface area contributed by atoms with Crippen LogP contribution < -0.4 is 14.2 Å². The van der Waals surface area contributed by atoms with Gasteiger partial charge < -0.3 is 14.2 Å². The minimum absolute atomic E-state index is 0.0195. The summed E-state index contributed by atoms with van der Waals surface area (Å²) < 4.78 is 48.0. The van der Waals surface area contributed by atoms with E-state index >= 15 is 0 Å². The zero-order valence-electron chi connectivity index (χ0n) is 20.7. The van der Waals surface area contributed by atoms with E-state index in [1.807, 2.05) is 0 Å². The molecule has 2 heterocycles. The number of benzene rings is 1. The fraction of sp³-hybridized carbons (Fsp3) is 0.478. The molecular weight excluding hydrogens is 508 g/mol. The molecule has 0 aliphatic heterocycles. The zero-order chi connectivity index (χ0) is 26.0. The molecule has 194 valence electrons. The molecule has 0 saturated heterocycles. The Bertz CT molecular complexity index is 1290. The molecule has 3 aromatic rings. The Morgan fingerprint density at radius 1 is 1.08 bits per heavy atom. The van der Waals surface area contributed by atoms with E-state index in [0.717, 1.165) is 12.8 Å². The first-order valence-corrected chi connectivity index (χ1v) is 13.3. The van der Waals surface area contributed by atoms with Gasteiger partial charge in [0.15, 0.2) is 5.82 Å². The summed E-state index contributed by atoms with van der Waals surface area (Å²) >= 11 is 5.88. The number of hydrogen-bond acceptors (Lipinski definition) is 9. The van der Waals surface area contributed by atoms with Gasteiger partial charge in [-0.3, -0.25) is 9.29 Å². The molecular formula is C23H29ClN6O5S. The molecule has 2 atom stereocenters. The van der Waals surface area contributed by atoms with Crippen molar-refractivity contribution in [1.29, 1.82) is 0 Å². The maximum atomic E-state index is 13.5. The number of anilines is 1. The Balaban J connectivity index is 1.76. The third kappa shape index (κ3) is 4.97. The number of ether oxygens (including phenoxy) is 3. The molecule has 1 fully saturated rings. The number of para-hydroxylation sites is 1. The first kappa shape index (κ1) is 26.1. The van der Waals surface area contributed by atoms with Crippen molar-refractivity contribution in [2.24, 2.45) is 5.92 Å². The molecule has 36 heavy (non-hydrogen) atoms. The van der Waals surface area contributed by atoms with Crippen LogP contribution in [0.15, 0.2) is 30.6 Å². The highest BCUT2D eigenvalue weighted by molar-refractivity contribution is 7.93. The van der Waals surface area contributed by atoms with Crippen LogP contribution in [0.4, 0.5) is 5.95 Å². The summed E-state index contributed by atoms with van der Waals surface area (Å²) in [5.41, 5.74) is 0.511. The van der Waals surface area contributed by atoms with E-state index in [9.17, 15) is 8.42 Å². The van der Waals surface area contributed by atoms with Gasteiger partial charge in [-0.15, -0.1) is 10.2 Å². The maximum absolute atomic E-state index is 13.5. The Hall–Kier alpha value is -2.96. The molecule has 1 aliphatic carbocycles. The van der Waals surface area contributed by atoms with Gasteiger partial charge in [0.2, 0.25) is 16.0 Å². The third-order valence-electron chi connectivity index (χ3n) is 6.35. The van der Waals surface area contributed by atoms with Crippen molar-refractivity contribution in [1.82, 2.24) is 24.7 Å². The van der Waals surface area contributed by atoms with E-state index in [1.54, 1.807) is 22.8 Å². The number of nitrogens with zero attached hydrogens (tertiary/aromatic N) is 5. The molecule has 1 saturated carbocycles. The second-order valence-corrected chi connectivity index (χ2v) is 11.2. The van der Waals surface area contributed by atoms with E-state index in [1.165, 1.54) is 40.6 Å². The van der Waals surface area contributed by atoms with Crippen molar-refractivity contribution >= 4 is 27.6 Å². The van der Waals surface area contributed by atoms with Gasteiger partial charge in [0.1, 0.15) is 34.4 Å². The van der Waals surface area contributed by atoms with Gasteiger partial charge in [-0.25, -0.2) is 18.4 Å². The Morgan fingerprint density at radius 2 is 1.69 bits per heavy atom. The predicted octanol–water partition coefficient (Wildman–Crippen LogP) is 3.76. The van der Waals surface area contributed by atoms with Crippen LogP contribution in [-0.2, 0) is 14.8 Å². The van der Waals surface area contributed by atoms with Gasteiger partial charge in [-0.2, -0.15) is 0 Å². The minimum Gasteiger partial charge on any atom is -0.494 e. The highest BCUT2D eigenvalue weighted by Crippen LogP contribution is 2.44. The highest BCUT2D eigenvalue weighted by Gasteiger charge is 2.37. The summed E-state index contributed by atoms with van der Waals surface area (Å²) in [5.74, 6) is 2.48. The van der Waals surface area contributed by atoms with Gasteiger partial charge in [0.25, 0.3) is 0 Å². The Morgan fingerprint density at radius 3 is 2.22 bits per heavy atom. The molecule has 1 aromatic carbocycles. The number of rotatable bonds is 10. The molecule has 11 nitrogen and oxygen atoms in total. The minimum atomic E-state index is -4.06. The average Bonchev–Trinajstić information content (AvgIpc) is 3.24. The van der Waals surface area contributed by atoms with Gasteiger partial charge in [0.05, 0.1) is 19.2 Å². The van der Waals surface area contributed by atoms with Gasteiger partial charge in [0, 0.05) is 25.4 Å². The fourth-order valence-electron chi connectivity index (χ4n) is 4.37. The van der Waals surface area contributed by atoms with E-state index in [4.69, 9.17) is 25.8 Å². The summed E-state index contributed by atoms with van der Waals surface area (Å²) in [6.45, 7) is 3.67. The van der Waals surface area contributed by atoms with Crippen LogP contribution in [0.3, 0.4) is 0 Å². The van der Waals surface area contributed by atoms with E-state index in [2.05, 4.69) is 31.8 Å². The third-order valence-corrected chi connectivity index (χ3v) is 8.24. The van der Waals surface area contributed by atoms with Crippen molar-refractivity contribution in [2.45, 2.75) is 44.0 Å². The van der Waals surface area contributed by atoms with Gasteiger partial charge in [-0.1, -0.05) is 24.6 Å². The van der Waals surface area contributed by atoms with Gasteiger partial charge in [-0.05, 0) is 37.8 Å². The second-order valence-electron chi connectivity index (χ2n) is 8.77. The van der Waals surface area contributed by atoms with Crippen LogP contribution in [-0.4, -0.2) is 59.7 Å². The summed E-state index contributed by atoms with van der Waals surface area (Å²) in [4.78, 5) is 8.26. The fourth-order valence-corrected chi connectivity index (χ4v) is 5.60. The molecule has 1 aliphatic rings. The molecule has 0 unspecified atom stereocenters. The van der Waals surface area contributed by atoms with E-state index in [0.29, 0.717) is 34.0 Å². The van der Waals surface area contributed by atoms with Crippen LogP contribution in [0.5, 0.6) is 11.5 Å². The van der Waals surface area contributed by atoms with Crippen LogP contribution in [0.2, 0.25) is 5.02 Å². The van der Waals surface area contributed by atoms with Crippen molar-refractivity contribution in [3.63, 3.8) is 0 Å². The number of nitrogens with one attached hydrogen (secondary N) is 1. The van der Waals surface area contributed by atoms with Crippen molar-refractivity contribution < 1.29 is 22.6 Å². The van der Waals surface area contributed by atoms with E-state index in [-0.39, 0.29) is 17.7 Å². The summed E-state index contributed by atoms with van der Waals surface area (Å²) in [7, 11) is 0.411. The molecule has 0 spiro atoms. The first-order valence-electron chi connectivity index (χ1n) is 11.4. The monoisotopic (exact) mass is 536 g/mol. The largest absolute Gasteiger partial charge is 0.494 e. The molecule has 4 rings (SSSR count). The van der Waals surface area contributed by atoms with Crippen LogP contribution >= 0.6 is 11.6 Å². The summed E-state index contributed by atoms with van der Waals surface area (Å²) in [6, 6.07) is 5.33. The molecule has 0 radical (unpaired) electrons. The smallest absolute Gasteiger partial charge is 0.243 e. The lowest BCUT2D eigenvalue weighted by Crippen LogP contribution is -2.33. The maximum Gasteiger partial charge on any atom is 0.243 e. The molecule has 1 N–H and O–H groups in total. The lowest BCUT2D eigenvalue weighted by atomic mass is 9.75. The van der Waals surface area contributed by atoms with Crippen molar-refractivity contribution in [3.05, 3.63) is 47.3 Å². The second kappa shape index (κ2) is 10.6.